The second-order valence-corrected chi connectivity index (χ2v) is 7.59. The first kappa shape index (κ1) is 18.6. The van der Waals surface area contributed by atoms with E-state index in [1.165, 1.54) is 16.8 Å². The smallest absolute Gasteiger partial charge is 0.338 e. The Hall–Kier alpha value is -3.38. The Kier molecular flexibility index (Phi) is 5.07. The summed E-state index contributed by atoms with van der Waals surface area (Å²) < 4.78 is 5.27. The second kappa shape index (κ2) is 8.16. The Balaban J connectivity index is 1.20. The molecule has 1 aliphatic rings. The molecule has 3 heterocycles. The van der Waals surface area contributed by atoms with E-state index in [1.54, 1.807) is 0 Å². The average molecular weight is 400 g/mol. The third-order valence-corrected chi connectivity index (χ3v) is 5.72. The lowest BCUT2D eigenvalue weighted by molar-refractivity contribution is 0.267. The van der Waals surface area contributed by atoms with Crippen LogP contribution in [0.4, 0.5) is 11.5 Å². The predicted molar refractivity (Wildman–Crippen MR) is 121 cm³/mol. The topological polar surface area (TPSA) is 61.6 Å². The SMILES string of the molecule is O=c1cc(NCCN2CCN(c3nccc4ccccc34)CC2)c2ccccc2o1. The number of benzene rings is 2. The van der Waals surface area contributed by atoms with E-state index in [2.05, 4.69) is 50.4 Å². The molecule has 30 heavy (non-hydrogen) atoms. The highest BCUT2D eigenvalue weighted by Gasteiger charge is 2.19. The van der Waals surface area contributed by atoms with E-state index in [-0.39, 0.29) is 5.63 Å². The van der Waals surface area contributed by atoms with E-state index in [9.17, 15) is 4.79 Å². The molecule has 1 aliphatic heterocycles. The van der Waals surface area contributed by atoms with E-state index in [4.69, 9.17) is 4.42 Å². The molecule has 5 rings (SSSR count). The number of fused-ring (bicyclic) bond motifs is 2. The Labute approximate surface area is 174 Å². The van der Waals surface area contributed by atoms with Crippen LogP contribution in [0.5, 0.6) is 0 Å². The van der Waals surface area contributed by atoms with Crippen molar-refractivity contribution in [2.24, 2.45) is 0 Å². The number of piperazine rings is 1. The Morgan fingerprint density at radius 1 is 0.933 bits per heavy atom. The number of rotatable bonds is 5. The third kappa shape index (κ3) is 3.74. The highest BCUT2D eigenvalue weighted by Crippen LogP contribution is 2.25. The molecule has 0 spiro atoms. The monoisotopic (exact) mass is 400 g/mol. The van der Waals surface area contributed by atoms with Gasteiger partial charge in [0.05, 0.1) is 5.69 Å². The molecular weight excluding hydrogens is 376 g/mol. The molecule has 6 nitrogen and oxygen atoms in total. The minimum absolute atomic E-state index is 0.326. The largest absolute Gasteiger partial charge is 0.423 e. The van der Waals surface area contributed by atoms with Crippen molar-refractivity contribution in [2.45, 2.75) is 0 Å². The number of para-hydroxylation sites is 1. The number of hydrogen-bond acceptors (Lipinski definition) is 6. The average Bonchev–Trinajstić information content (AvgIpc) is 2.79. The van der Waals surface area contributed by atoms with Crippen molar-refractivity contribution < 1.29 is 4.42 Å². The van der Waals surface area contributed by atoms with Gasteiger partial charge in [-0.15, -0.1) is 0 Å². The third-order valence-electron chi connectivity index (χ3n) is 5.72. The zero-order valence-electron chi connectivity index (χ0n) is 16.8. The maximum absolute atomic E-state index is 11.8. The van der Waals surface area contributed by atoms with Crippen molar-refractivity contribution in [3.05, 3.63) is 77.3 Å². The molecule has 0 bridgehead atoms. The van der Waals surface area contributed by atoms with Crippen LogP contribution in [0, 0.1) is 0 Å². The van der Waals surface area contributed by atoms with Gasteiger partial charge in [0.15, 0.2) is 0 Å². The standard InChI is InChI=1S/C24H24N4O2/c29-23-17-21(20-7-3-4-8-22(20)30-23)25-11-12-27-13-15-28(16-14-27)24-19-6-2-1-5-18(19)9-10-26-24/h1-10,17,25H,11-16H2. The molecule has 0 atom stereocenters. The van der Waals surface area contributed by atoms with Crippen LogP contribution in [-0.2, 0) is 0 Å². The van der Waals surface area contributed by atoms with Crippen molar-refractivity contribution in [1.29, 1.82) is 0 Å². The molecule has 0 aliphatic carbocycles. The van der Waals surface area contributed by atoms with Gasteiger partial charge in [0.1, 0.15) is 11.4 Å². The van der Waals surface area contributed by atoms with Crippen LogP contribution in [0.2, 0.25) is 0 Å². The maximum Gasteiger partial charge on any atom is 0.338 e. The maximum atomic E-state index is 11.8. The summed E-state index contributed by atoms with van der Waals surface area (Å²) in [4.78, 5) is 21.3. The van der Waals surface area contributed by atoms with Crippen LogP contribution < -0.4 is 15.8 Å². The van der Waals surface area contributed by atoms with Gasteiger partial charge in [0.2, 0.25) is 0 Å². The fourth-order valence-electron chi connectivity index (χ4n) is 4.15. The summed E-state index contributed by atoms with van der Waals surface area (Å²) in [5.74, 6) is 1.08. The summed E-state index contributed by atoms with van der Waals surface area (Å²) in [7, 11) is 0. The van der Waals surface area contributed by atoms with Crippen molar-refractivity contribution in [2.75, 3.05) is 49.5 Å². The van der Waals surface area contributed by atoms with Gasteiger partial charge in [0, 0.05) is 62.3 Å². The molecule has 152 valence electrons. The van der Waals surface area contributed by atoms with Crippen molar-refractivity contribution in [1.82, 2.24) is 9.88 Å². The van der Waals surface area contributed by atoms with Gasteiger partial charge in [-0.05, 0) is 23.6 Å². The normalized spacial score (nSPS) is 15.0. The van der Waals surface area contributed by atoms with Gasteiger partial charge < -0.3 is 14.6 Å². The first-order valence-corrected chi connectivity index (χ1v) is 10.4. The van der Waals surface area contributed by atoms with Gasteiger partial charge in [-0.2, -0.15) is 0 Å². The molecule has 1 fully saturated rings. The fourth-order valence-corrected chi connectivity index (χ4v) is 4.15. The van der Waals surface area contributed by atoms with Crippen LogP contribution in [0.1, 0.15) is 0 Å². The van der Waals surface area contributed by atoms with Gasteiger partial charge in [0.25, 0.3) is 0 Å². The lowest BCUT2D eigenvalue weighted by atomic mass is 10.1. The lowest BCUT2D eigenvalue weighted by Gasteiger charge is -2.36. The molecule has 1 saturated heterocycles. The Bertz CT molecular complexity index is 1220. The van der Waals surface area contributed by atoms with E-state index in [0.29, 0.717) is 5.58 Å². The van der Waals surface area contributed by atoms with Gasteiger partial charge in [-0.1, -0.05) is 36.4 Å². The number of hydrogen-bond donors (Lipinski definition) is 1. The molecule has 1 N–H and O–H groups in total. The number of nitrogens with zero attached hydrogens (tertiary/aromatic N) is 3. The minimum Gasteiger partial charge on any atom is -0.423 e. The minimum atomic E-state index is -0.326. The van der Waals surface area contributed by atoms with Crippen molar-refractivity contribution >= 4 is 33.2 Å². The number of anilines is 2. The van der Waals surface area contributed by atoms with Crippen LogP contribution in [-0.4, -0.2) is 49.2 Å². The zero-order valence-corrected chi connectivity index (χ0v) is 16.8. The summed E-state index contributed by atoms with van der Waals surface area (Å²) in [6.45, 7) is 5.59. The van der Waals surface area contributed by atoms with E-state index in [1.807, 2.05) is 30.5 Å². The number of pyridine rings is 1. The van der Waals surface area contributed by atoms with Crippen LogP contribution >= 0.6 is 0 Å². The molecule has 2 aromatic carbocycles. The van der Waals surface area contributed by atoms with E-state index >= 15 is 0 Å². The zero-order chi connectivity index (χ0) is 20.3. The first-order valence-electron chi connectivity index (χ1n) is 10.4. The molecule has 0 amide bonds. The molecular formula is C24H24N4O2. The quantitative estimate of drug-likeness (QED) is 0.517. The van der Waals surface area contributed by atoms with Gasteiger partial charge in [-0.3, -0.25) is 4.90 Å². The highest BCUT2D eigenvalue weighted by atomic mass is 16.4. The number of aromatic nitrogens is 1. The summed E-state index contributed by atoms with van der Waals surface area (Å²) in [5.41, 5.74) is 1.12. The first-order chi connectivity index (χ1) is 14.8. The van der Waals surface area contributed by atoms with E-state index in [0.717, 1.165) is 56.2 Å². The van der Waals surface area contributed by atoms with Crippen LogP contribution in [0.3, 0.4) is 0 Å². The van der Waals surface area contributed by atoms with Gasteiger partial charge in [-0.25, -0.2) is 9.78 Å². The highest BCUT2D eigenvalue weighted by molar-refractivity contribution is 5.92. The fraction of sp³-hybridized carbons (Fsp3) is 0.250. The molecule has 0 radical (unpaired) electrons. The Morgan fingerprint density at radius 3 is 2.57 bits per heavy atom. The number of nitrogens with one attached hydrogen (secondary N) is 1. The van der Waals surface area contributed by atoms with Gasteiger partial charge >= 0.3 is 5.63 Å². The molecule has 0 saturated carbocycles. The molecule has 4 aromatic rings. The molecule has 0 unspecified atom stereocenters. The Morgan fingerprint density at radius 2 is 1.70 bits per heavy atom. The van der Waals surface area contributed by atoms with Crippen molar-refractivity contribution in [3.63, 3.8) is 0 Å². The summed E-state index contributed by atoms with van der Waals surface area (Å²) in [5, 5.41) is 6.79. The molecule has 2 aromatic heterocycles. The molecule has 6 heteroatoms. The van der Waals surface area contributed by atoms with Crippen LogP contribution in [0.15, 0.2) is 76.1 Å². The summed E-state index contributed by atoms with van der Waals surface area (Å²) in [6, 6.07) is 19.6. The summed E-state index contributed by atoms with van der Waals surface area (Å²) in [6.07, 6.45) is 1.90. The lowest BCUT2D eigenvalue weighted by Crippen LogP contribution is -2.48. The van der Waals surface area contributed by atoms with Crippen molar-refractivity contribution in [3.8, 4) is 0 Å². The second-order valence-electron chi connectivity index (χ2n) is 7.59. The summed E-state index contributed by atoms with van der Waals surface area (Å²) >= 11 is 0. The van der Waals surface area contributed by atoms with E-state index < -0.39 is 0 Å². The predicted octanol–water partition coefficient (Wildman–Crippen LogP) is 3.58. The van der Waals surface area contributed by atoms with Crippen LogP contribution in [0.25, 0.3) is 21.7 Å².